The molecule has 0 bridgehead atoms. The molecule has 0 aliphatic heterocycles. The van der Waals surface area contributed by atoms with Crippen LogP contribution in [0.4, 0.5) is 17.1 Å². The van der Waals surface area contributed by atoms with Crippen molar-refractivity contribution in [2.24, 2.45) is 0 Å². The average molecular weight is 554 g/mol. The van der Waals surface area contributed by atoms with Gasteiger partial charge in [0.15, 0.2) is 0 Å². The third-order valence-corrected chi connectivity index (χ3v) is 6.49. The topological polar surface area (TPSA) is 154 Å². The first kappa shape index (κ1) is 27.0. The standard InChI is InChI=1S/C30H23N3O8/c1-16(34)40-27(29(36)31-21-7-4-8-22(15-21)33(38)39)28(41-17(2)35)30(37)32-24-14-12-20-10-9-18-5-3-6-19-11-13-23(24)26(20)25(18)19/h3-15,27-28H,1-2H3,(H,31,36)(H,32,37)/t27-,28-/m1/s1. The Hall–Kier alpha value is -5.58. The van der Waals surface area contributed by atoms with Crippen LogP contribution in [0.1, 0.15) is 13.8 Å². The summed E-state index contributed by atoms with van der Waals surface area (Å²) >= 11 is 0. The molecule has 206 valence electrons. The van der Waals surface area contributed by atoms with Crippen molar-refractivity contribution in [3.8, 4) is 0 Å². The monoisotopic (exact) mass is 553 g/mol. The van der Waals surface area contributed by atoms with Crippen LogP contribution in [-0.4, -0.2) is 40.9 Å². The molecule has 0 aliphatic carbocycles. The van der Waals surface area contributed by atoms with Gasteiger partial charge in [0, 0.05) is 42.7 Å². The van der Waals surface area contributed by atoms with Gasteiger partial charge in [0.1, 0.15) is 0 Å². The second kappa shape index (κ2) is 10.9. The van der Waals surface area contributed by atoms with Gasteiger partial charge >= 0.3 is 11.9 Å². The number of hydrogen-bond acceptors (Lipinski definition) is 8. The van der Waals surface area contributed by atoms with Crippen LogP contribution in [0.25, 0.3) is 32.3 Å². The van der Waals surface area contributed by atoms with Gasteiger partial charge in [-0.05, 0) is 39.1 Å². The molecule has 41 heavy (non-hydrogen) atoms. The summed E-state index contributed by atoms with van der Waals surface area (Å²) < 4.78 is 10.3. The number of carbonyl (C=O) groups excluding carboxylic acids is 4. The van der Waals surface area contributed by atoms with E-state index in [9.17, 15) is 29.3 Å². The number of rotatable bonds is 8. The van der Waals surface area contributed by atoms with Crippen LogP contribution in [-0.2, 0) is 28.7 Å². The Morgan fingerprint density at radius 3 is 1.85 bits per heavy atom. The number of carbonyl (C=O) groups is 4. The Morgan fingerprint density at radius 1 is 0.707 bits per heavy atom. The van der Waals surface area contributed by atoms with Crippen LogP contribution >= 0.6 is 0 Å². The zero-order valence-corrected chi connectivity index (χ0v) is 21.9. The Balaban J connectivity index is 1.50. The van der Waals surface area contributed by atoms with Crippen molar-refractivity contribution >= 4 is 73.1 Å². The number of hydrogen-bond donors (Lipinski definition) is 2. The summed E-state index contributed by atoms with van der Waals surface area (Å²) in [5, 5.41) is 21.9. The van der Waals surface area contributed by atoms with Crippen molar-refractivity contribution in [1.82, 2.24) is 0 Å². The van der Waals surface area contributed by atoms with Gasteiger partial charge in [-0.25, -0.2) is 0 Å². The molecule has 5 aromatic carbocycles. The van der Waals surface area contributed by atoms with Crippen LogP contribution in [0.3, 0.4) is 0 Å². The minimum atomic E-state index is -1.91. The lowest BCUT2D eigenvalue weighted by Gasteiger charge is -2.25. The Bertz CT molecular complexity index is 1840. The van der Waals surface area contributed by atoms with Crippen molar-refractivity contribution in [2.45, 2.75) is 26.1 Å². The Kier molecular flexibility index (Phi) is 7.17. The van der Waals surface area contributed by atoms with Gasteiger partial charge in [0.05, 0.1) is 4.92 Å². The van der Waals surface area contributed by atoms with E-state index in [1.165, 1.54) is 18.2 Å². The van der Waals surface area contributed by atoms with E-state index < -0.39 is 40.9 Å². The van der Waals surface area contributed by atoms with Gasteiger partial charge in [-0.15, -0.1) is 0 Å². The summed E-state index contributed by atoms with van der Waals surface area (Å²) in [6.45, 7) is 2.07. The number of esters is 2. The first-order valence-electron chi connectivity index (χ1n) is 12.5. The lowest BCUT2D eigenvalue weighted by Crippen LogP contribution is -2.49. The molecule has 0 fully saturated rings. The molecule has 2 amide bonds. The van der Waals surface area contributed by atoms with Crippen LogP contribution < -0.4 is 10.6 Å². The molecule has 0 saturated carbocycles. The van der Waals surface area contributed by atoms with E-state index in [0.717, 1.165) is 46.8 Å². The number of nitro groups is 1. The zero-order valence-electron chi connectivity index (χ0n) is 21.9. The summed E-state index contributed by atoms with van der Waals surface area (Å²) in [4.78, 5) is 61.2. The third kappa shape index (κ3) is 5.46. The molecule has 0 radical (unpaired) electrons. The highest BCUT2D eigenvalue weighted by molar-refractivity contribution is 6.26. The predicted molar refractivity (Wildman–Crippen MR) is 152 cm³/mol. The number of nitro benzene ring substituents is 1. The largest absolute Gasteiger partial charge is 0.448 e. The van der Waals surface area contributed by atoms with E-state index in [2.05, 4.69) is 10.6 Å². The number of ether oxygens (including phenoxy) is 2. The number of amides is 2. The van der Waals surface area contributed by atoms with E-state index in [1.807, 2.05) is 48.5 Å². The van der Waals surface area contributed by atoms with Crippen LogP contribution in [0.15, 0.2) is 78.9 Å². The maximum Gasteiger partial charge on any atom is 0.303 e. The molecule has 0 aromatic heterocycles. The van der Waals surface area contributed by atoms with Crippen molar-refractivity contribution in [3.63, 3.8) is 0 Å². The maximum absolute atomic E-state index is 13.6. The molecule has 11 nitrogen and oxygen atoms in total. The molecule has 0 spiro atoms. The smallest absolute Gasteiger partial charge is 0.303 e. The molecule has 2 atom stereocenters. The molecule has 5 rings (SSSR count). The molecule has 0 saturated heterocycles. The Labute approximate surface area is 232 Å². The normalized spacial score (nSPS) is 12.5. The van der Waals surface area contributed by atoms with E-state index in [1.54, 1.807) is 6.07 Å². The Morgan fingerprint density at radius 2 is 1.24 bits per heavy atom. The SMILES string of the molecule is CC(=O)O[C@@H](C(=O)Nc1cccc([N+](=O)[O-])c1)[C@@H](OC(C)=O)C(=O)Nc1ccc2ccc3cccc4ccc1c2c34. The fourth-order valence-electron chi connectivity index (χ4n) is 4.82. The van der Waals surface area contributed by atoms with Gasteiger partial charge in [-0.1, -0.05) is 54.6 Å². The molecular formula is C30H23N3O8. The van der Waals surface area contributed by atoms with Crippen molar-refractivity contribution in [1.29, 1.82) is 0 Å². The van der Waals surface area contributed by atoms with Crippen molar-refractivity contribution in [3.05, 3.63) is 89.0 Å². The molecule has 5 aromatic rings. The molecule has 0 unspecified atom stereocenters. The molecule has 0 aliphatic rings. The number of benzene rings is 5. The van der Waals surface area contributed by atoms with Crippen LogP contribution in [0, 0.1) is 10.1 Å². The van der Waals surface area contributed by atoms with Gasteiger partial charge in [-0.2, -0.15) is 0 Å². The lowest BCUT2D eigenvalue weighted by atomic mass is 9.93. The molecule has 2 N–H and O–H groups in total. The quantitative estimate of drug-likeness (QED) is 0.119. The van der Waals surface area contributed by atoms with E-state index in [4.69, 9.17) is 9.47 Å². The minimum absolute atomic E-state index is 0.00936. The summed E-state index contributed by atoms with van der Waals surface area (Å²) in [7, 11) is 0. The highest BCUT2D eigenvalue weighted by Gasteiger charge is 2.40. The maximum atomic E-state index is 13.6. The van der Waals surface area contributed by atoms with E-state index >= 15 is 0 Å². The van der Waals surface area contributed by atoms with E-state index in [0.29, 0.717) is 11.1 Å². The van der Waals surface area contributed by atoms with Crippen LogP contribution in [0.5, 0.6) is 0 Å². The number of anilines is 2. The van der Waals surface area contributed by atoms with Crippen molar-refractivity contribution < 1.29 is 33.6 Å². The fraction of sp³-hybridized carbons (Fsp3) is 0.133. The molecule has 11 heteroatoms. The second-order valence-corrected chi connectivity index (χ2v) is 9.32. The van der Waals surface area contributed by atoms with E-state index in [-0.39, 0.29) is 11.4 Å². The first-order chi connectivity index (χ1) is 19.6. The average Bonchev–Trinajstić information content (AvgIpc) is 2.94. The van der Waals surface area contributed by atoms with Gasteiger partial charge in [0.2, 0.25) is 12.2 Å². The van der Waals surface area contributed by atoms with Gasteiger partial charge in [0.25, 0.3) is 17.5 Å². The van der Waals surface area contributed by atoms with Crippen LogP contribution in [0.2, 0.25) is 0 Å². The first-order valence-corrected chi connectivity index (χ1v) is 12.5. The summed E-state index contributed by atoms with van der Waals surface area (Å²) in [6.07, 6.45) is -3.79. The summed E-state index contributed by atoms with van der Waals surface area (Å²) in [5.74, 6) is -3.77. The van der Waals surface area contributed by atoms with Gasteiger partial charge in [-0.3, -0.25) is 29.3 Å². The molecular weight excluding hydrogens is 530 g/mol. The third-order valence-electron chi connectivity index (χ3n) is 6.49. The minimum Gasteiger partial charge on any atom is -0.448 e. The summed E-state index contributed by atoms with van der Waals surface area (Å²) in [5.41, 5.74) is 0.101. The number of non-ortho nitro benzene ring substituents is 1. The fourth-order valence-corrected chi connectivity index (χ4v) is 4.82. The lowest BCUT2D eigenvalue weighted by molar-refractivity contribution is -0.384. The number of nitrogens with zero attached hydrogens (tertiary/aromatic N) is 1. The van der Waals surface area contributed by atoms with Gasteiger partial charge < -0.3 is 20.1 Å². The summed E-state index contributed by atoms with van der Waals surface area (Å²) in [6, 6.07) is 22.3. The highest BCUT2D eigenvalue weighted by atomic mass is 16.6. The highest BCUT2D eigenvalue weighted by Crippen LogP contribution is 2.37. The number of nitrogens with one attached hydrogen (secondary N) is 2. The molecule has 0 heterocycles. The zero-order chi connectivity index (χ0) is 29.3. The predicted octanol–water partition coefficient (Wildman–Crippen LogP) is 4.93. The second-order valence-electron chi connectivity index (χ2n) is 9.32. The van der Waals surface area contributed by atoms with Crippen molar-refractivity contribution in [2.75, 3.05) is 10.6 Å².